The molecule has 1 N–H and O–H groups in total. The summed E-state index contributed by atoms with van der Waals surface area (Å²) in [6.07, 6.45) is 4.45. The molecule has 1 aromatic heterocycles. The van der Waals surface area contributed by atoms with E-state index in [1.807, 2.05) is 12.1 Å². The van der Waals surface area contributed by atoms with E-state index in [0.717, 1.165) is 38.2 Å². The highest BCUT2D eigenvalue weighted by molar-refractivity contribution is 5.99. The lowest BCUT2D eigenvalue weighted by molar-refractivity contribution is 0.0649. The van der Waals surface area contributed by atoms with Gasteiger partial charge in [0, 0.05) is 56.4 Å². The van der Waals surface area contributed by atoms with Gasteiger partial charge in [0.2, 0.25) is 0 Å². The minimum absolute atomic E-state index is 0.0923. The van der Waals surface area contributed by atoms with Gasteiger partial charge in [0.05, 0.1) is 19.8 Å². The molecule has 0 radical (unpaired) electrons. The van der Waals surface area contributed by atoms with E-state index in [4.69, 9.17) is 9.47 Å². The molecule has 2 saturated heterocycles. The number of carbonyl (C=O) groups is 3. The lowest BCUT2D eigenvalue weighted by Crippen LogP contribution is -2.44. The number of hydrogen-bond acceptors (Lipinski definition) is 7. The van der Waals surface area contributed by atoms with Gasteiger partial charge in [-0.05, 0) is 79.8 Å². The summed E-state index contributed by atoms with van der Waals surface area (Å²) in [7, 11) is 3.26. The molecule has 0 saturated carbocycles. The molecule has 220 valence electrons. The van der Waals surface area contributed by atoms with Crippen molar-refractivity contribution >= 4 is 17.6 Å². The molecule has 9 heteroatoms. The third kappa shape index (κ3) is 7.15. The molecule has 2 aromatic carbocycles. The van der Waals surface area contributed by atoms with Gasteiger partial charge >= 0.3 is 0 Å². The van der Waals surface area contributed by atoms with Crippen LogP contribution >= 0.6 is 0 Å². The molecule has 0 unspecified atom stereocenters. The molecule has 3 aromatic rings. The lowest BCUT2D eigenvalue weighted by Gasteiger charge is -2.32. The number of aromatic nitrogens is 1. The summed E-state index contributed by atoms with van der Waals surface area (Å²) in [6, 6.07) is 18.6. The quantitative estimate of drug-likeness (QED) is 0.384. The summed E-state index contributed by atoms with van der Waals surface area (Å²) in [5.74, 6) is 1.21. The van der Waals surface area contributed by atoms with Crippen LogP contribution < -0.4 is 14.8 Å². The zero-order chi connectivity index (χ0) is 29.5. The SMILES string of the molecule is COc1ccc(CN2CCC(NC(=O)c3ccc(C(=O)N4CCC(C(=O)c5ccc(OC)cc5)CC4)cn3)CC2)cc1. The van der Waals surface area contributed by atoms with Crippen LogP contribution in [0.25, 0.3) is 0 Å². The minimum Gasteiger partial charge on any atom is -0.497 e. The normalized spacial score (nSPS) is 16.6. The molecule has 2 aliphatic rings. The standard InChI is InChI=1S/C33H38N4O5/c1-41-28-8-3-23(4-9-28)22-36-17-15-27(16-18-36)35-32(39)30-12-7-26(21-34-30)33(40)37-19-13-25(14-20-37)31(38)24-5-10-29(42-2)11-6-24/h3-12,21,25,27H,13-20,22H2,1-2H3,(H,35,39). The number of benzene rings is 2. The van der Waals surface area contributed by atoms with Crippen LogP contribution in [-0.4, -0.2) is 78.8 Å². The third-order valence-corrected chi connectivity index (χ3v) is 8.26. The van der Waals surface area contributed by atoms with Gasteiger partial charge in [-0.2, -0.15) is 0 Å². The zero-order valence-corrected chi connectivity index (χ0v) is 24.3. The number of piperidine rings is 2. The van der Waals surface area contributed by atoms with Gasteiger partial charge in [0.1, 0.15) is 17.2 Å². The van der Waals surface area contributed by atoms with Crippen molar-refractivity contribution in [3.8, 4) is 11.5 Å². The average molecular weight is 571 g/mol. The number of likely N-dealkylation sites (tertiary alicyclic amines) is 2. The highest BCUT2D eigenvalue weighted by atomic mass is 16.5. The van der Waals surface area contributed by atoms with Gasteiger partial charge in [-0.15, -0.1) is 0 Å². The predicted octanol–water partition coefficient (Wildman–Crippen LogP) is 4.23. The Morgan fingerprint density at radius 1 is 0.786 bits per heavy atom. The number of rotatable bonds is 9. The first-order chi connectivity index (χ1) is 20.4. The Kier molecular flexibility index (Phi) is 9.48. The van der Waals surface area contributed by atoms with Crippen LogP contribution in [0, 0.1) is 5.92 Å². The van der Waals surface area contributed by atoms with E-state index in [9.17, 15) is 14.4 Å². The summed E-state index contributed by atoms with van der Waals surface area (Å²) in [5.41, 5.74) is 2.65. The maximum atomic E-state index is 13.1. The maximum absolute atomic E-state index is 13.1. The third-order valence-electron chi connectivity index (χ3n) is 8.26. The van der Waals surface area contributed by atoms with Crippen LogP contribution in [0.3, 0.4) is 0 Å². The first kappa shape index (κ1) is 29.3. The van der Waals surface area contributed by atoms with Crippen LogP contribution in [0.2, 0.25) is 0 Å². The minimum atomic E-state index is -0.222. The van der Waals surface area contributed by atoms with E-state index in [2.05, 4.69) is 27.3 Å². The van der Waals surface area contributed by atoms with Gasteiger partial charge in [0.15, 0.2) is 5.78 Å². The number of ether oxygens (including phenoxy) is 2. The molecule has 2 amide bonds. The topological polar surface area (TPSA) is 101 Å². The van der Waals surface area contributed by atoms with Gasteiger partial charge in [-0.25, -0.2) is 0 Å². The van der Waals surface area contributed by atoms with E-state index < -0.39 is 0 Å². The lowest BCUT2D eigenvalue weighted by atomic mass is 9.88. The molecule has 42 heavy (non-hydrogen) atoms. The van der Waals surface area contributed by atoms with Gasteiger partial charge in [-0.3, -0.25) is 24.3 Å². The molecule has 0 bridgehead atoms. The highest BCUT2D eigenvalue weighted by Gasteiger charge is 2.29. The van der Waals surface area contributed by atoms with Crippen molar-refractivity contribution in [2.24, 2.45) is 5.92 Å². The number of nitrogens with zero attached hydrogens (tertiary/aromatic N) is 3. The summed E-state index contributed by atoms with van der Waals surface area (Å²) in [5, 5.41) is 3.10. The highest BCUT2D eigenvalue weighted by Crippen LogP contribution is 2.24. The molecule has 9 nitrogen and oxygen atoms in total. The Labute approximate surface area is 246 Å². The number of pyridine rings is 1. The summed E-state index contributed by atoms with van der Waals surface area (Å²) < 4.78 is 10.4. The average Bonchev–Trinajstić information content (AvgIpc) is 3.05. The fourth-order valence-electron chi connectivity index (χ4n) is 5.66. The maximum Gasteiger partial charge on any atom is 0.270 e. The van der Waals surface area contributed by atoms with Crippen LogP contribution in [-0.2, 0) is 6.54 Å². The molecule has 0 atom stereocenters. The van der Waals surface area contributed by atoms with Crippen molar-refractivity contribution in [2.45, 2.75) is 38.3 Å². The second-order valence-corrected chi connectivity index (χ2v) is 11.0. The van der Waals surface area contributed by atoms with Crippen LogP contribution in [0.1, 0.15) is 62.5 Å². The number of hydrogen-bond donors (Lipinski definition) is 1. The van der Waals surface area contributed by atoms with Crippen molar-refractivity contribution in [2.75, 3.05) is 40.4 Å². The number of carbonyl (C=O) groups excluding carboxylic acids is 3. The van der Waals surface area contributed by atoms with Gasteiger partial charge in [-0.1, -0.05) is 12.1 Å². The van der Waals surface area contributed by atoms with Crippen molar-refractivity contribution in [1.82, 2.24) is 20.1 Å². The Hall–Kier alpha value is -4.24. The summed E-state index contributed by atoms with van der Waals surface area (Å²) >= 11 is 0. The van der Waals surface area contributed by atoms with E-state index in [1.165, 1.54) is 11.8 Å². The molecule has 5 rings (SSSR count). The molecule has 0 aliphatic carbocycles. The number of Topliss-reactive ketones (excluding diaryl/α,β-unsaturated/α-hetero) is 1. The summed E-state index contributed by atoms with van der Waals surface area (Å²) in [6.45, 7) is 3.69. The van der Waals surface area contributed by atoms with Gasteiger partial charge in [0.25, 0.3) is 11.8 Å². The predicted molar refractivity (Wildman–Crippen MR) is 159 cm³/mol. The second kappa shape index (κ2) is 13.6. The van der Waals surface area contributed by atoms with Crippen LogP contribution in [0.4, 0.5) is 0 Å². The summed E-state index contributed by atoms with van der Waals surface area (Å²) in [4.78, 5) is 47.3. The fourth-order valence-corrected chi connectivity index (χ4v) is 5.66. The molecular formula is C33H38N4O5. The smallest absolute Gasteiger partial charge is 0.270 e. The van der Waals surface area contributed by atoms with Crippen LogP contribution in [0.15, 0.2) is 66.9 Å². The first-order valence-electron chi connectivity index (χ1n) is 14.5. The Morgan fingerprint density at radius 3 is 1.95 bits per heavy atom. The van der Waals surface area contributed by atoms with E-state index in [1.54, 1.807) is 55.5 Å². The van der Waals surface area contributed by atoms with E-state index in [0.29, 0.717) is 48.5 Å². The van der Waals surface area contributed by atoms with E-state index >= 15 is 0 Å². The Bertz CT molecular complexity index is 1360. The van der Waals surface area contributed by atoms with Crippen molar-refractivity contribution in [3.63, 3.8) is 0 Å². The fraction of sp³-hybridized carbons (Fsp3) is 0.394. The largest absolute Gasteiger partial charge is 0.497 e. The Balaban J connectivity index is 1.06. The van der Waals surface area contributed by atoms with Crippen LogP contribution in [0.5, 0.6) is 11.5 Å². The number of nitrogens with one attached hydrogen (secondary N) is 1. The molecule has 2 aliphatic heterocycles. The monoisotopic (exact) mass is 570 g/mol. The molecule has 0 spiro atoms. The van der Waals surface area contributed by atoms with Crippen molar-refractivity contribution in [3.05, 3.63) is 89.2 Å². The van der Waals surface area contributed by atoms with Crippen molar-refractivity contribution in [1.29, 1.82) is 0 Å². The number of amides is 2. The first-order valence-corrected chi connectivity index (χ1v) is 14.5. The molecular weight excluding hydrogens is 532 g/mol. The Morgan fingerprint density at radius 2 is 1.38 bits per heavy atom. The molecule has 3 heterocycles. The van der Waals surface area contributed by atoms with E-state index in [-0.39, 0.29) is 29.6 Å². The van der Waals surface area contributed by atoms with Crippen molar-refractivity contribution < 1.29 is 23.9 Å². The second-order valence-electron chi connectivity index (χ2n) is 11.0. The zero-order valence-electron chi connectivity index (χ0n) is 24.3. The molecule has 2 fully saturated rings. The van der Waals surface area contributed by atoms with Gasteiger partial charge < -0.3 is 19.7 Å². The number of ketones is 1. The number of methoxy groups -OCH3 is 2.